The van der Waals surface area contributed by atoms with E-state index >= 15 is 0 Å². The first-order chi connectivity index (χ1) is 13.5. The van der Waals surface area contributed by atoms with Crippen LogP contribution in [0, 0.1) is 0 Å². The van der Waals surface area contributed by atoms with Crippen molar-refractivity contribution in [1.29, 1.82) is 0 Å². The Balaban J connectivity index is 2.07. The van der Waals surface area contributed by atoms with Gasteiger partial charge >= 0.3 is 0 Å². The van der Waals surface area contributed by atoms with Crippen LogP contribution in [0.2, 0.25) is 5.02 Å². The number of hydrogen-bond donors (Lipinski definition) is 1. The van der Waals surface area contributed by atoms with Crippen molar-refractivity contribution in [2.75, 3.05) is 33.2 Å². The highest BCUT2D eigenvalue weighted by Gasteiger charge is 2.15. The number of likely N-dealkylation sites (N-methyl/N-ethyl adjacent to an activating group) is 2. The topological polar surface area (TPSA) is 86.9 Å². The molecule has 0 fully saturated rings. The quantitative estimate of drug-likeness (QED) is 0.535. The number of rotatable bonds is 8. The third-order valence-corrected chi connectivity index (χ3v) is 4.34. The second-order valence-electron chi connectivity index (χ2n) is 6.11. The van der Waals surface area contributed by atoms with Crippen molar-refractivity contribution in [3.63, 3.8) is 0 Å². The summed E-state index contributed by atoms with van der Waals surface area (Å²) in [7, 11) is 1.83. The molecule has 1 heterocycles. The molecule has 0 saturated heterocycles. The van der Waals surface area contributed by atoms with E-state index in [1.807, 2.05) is 40.0 Å². The van der Waals surface area contributed by atoms with Gasteiger partial charge in [0.05, 0.1) is 6.54 Å². The summed E-state index contributed by atoms with van der Waals surface area (Å²) in [4.78, 5) is 24.8. The third kappa shape index (κ3) is 5.95. The van der Waals surface area contributed by atoms with Gasteiger partial charge in [-0.1, -0.05) is 28.9 Å². The Labute approximate surface area is 170 Å². The van der Waals surface area contributed by atoms with Gasteiger partial charge in [-0.25, -0.2) is 4.99 Å². The number of halogens is 1. The molecule has 0 saturated carbocycles. The fourth-order valence-electron chi connectivity index (χ4n) is 2.63. The highest BCUT2D eigenvalue weighted by Crippen LogP contribution is 2.20. The van der Waals surface area contributed by atoms with Crippen molar-refractivity contribution in [2.45, 2.75) is 27.3 Å². The molecule has 1 aromatic heterocycles. The molecule has 0 unspecified atom stereocenters. The van der Waals surface area contributed by atoms with Gasteiger partial charge in [0.15, 0.2) is 5.96 Å². The Morgan fingerprint density at radius 2 is 2.04 bits per heavy atom. The highest BCUT2D eigenvalue weighted by molar-refractivity contribution is 6.30. The zero-order valence-electron chi connectivity index (χ0n) is 16.8. The zero-order chi connectivity index (χ0) is 20.5. The monoisotopic (exact) mass is 406 g/mol. The van der Waals surface area contributed by atoms with E-state index in [2.05, 4.69) is 20.4 Å². The van der Waals surface area contributed by atoms with Gasteiger partial charge in [-0.15, -0.1) is 0 Å². The van der Waals surface area contributed by atoms with Crippen molar-refractivity contribution >= 4 is 23.5 Å². The molecular weight excluding hydrogens is 380 g/mol. The first-order valence-electron chi connectivity index (χ1n) is 9.34. The van der Waals surface area contributed by atoms with Gasteiger partial charge in [0.2, 0.25) is 17.6 Å². The summed E-state index contributed by atoms with van der Waals surface area (Å²) in [6.45, 7) is 8.41. The van der Waals surface area contributed by atoms with E-state index < -0.39 is 0 Å². The number of nitrogens with zero attached hydrogens (tertiary/aromatic N) is 5. The predicted molar refractivity (Wildman–Crippen MR) is 110 cm³/mol. The Morgan fingerprint density at radius 3 is 2.68 bits per heavy atom. The Kier molecular flexibility index (Phi) is 8.25. The highest BCUT2D eigenvalue weighted by atomic mass is 35.5. The van der Waals surface area contributed by atoms with Gasteiger partial charge in [0, 0.05) is 37.3 Å². The Hall–Kier alpha value is -2.61. The van der Waals surface area contributed by atoms with Crippen molar-refractivity contribution in [1.82, 2.24) is 25.3 Å². The number of benzene rings is 1. The predicted octanol–water partition coefficient (Wildman–Crippen LogP) is 2.66. The van der Waals surface area contributed by atoms with Crippen LogP contribution in [0.1, 0.15) is 26.7 Å². The minimum Gasteiger partial charge on any atom is -0.356 e. The number of nitrogens with one attached hydrogen (secondary N) is 1. The van der Waals surface area contributed by atoms with Crippen LogP contribution in [0.4, 0.5) is 0 Å². The second kappa shape index (κ2) is 10.7. The lowest BCUT2D eigenvalue weighted by atomic mass is 10.2. The maximum Gasteiger partial charge on any atom is 0.248 e. The first-order valence-corrected chi connectivity index (χ1v) is 9.71. The summed E-state index contributed by atoms with van der Waals surface area (Å²) in [6.07, 6.45) is 0. The lowest BCUT2D eigenvalue weighted by molar-refractivity contribution is -0.131. The van der Waals surface area contributed by atoms with E-state index in [1.165, 1.54) is 0 Å². The number of carbonyl (C=O) groups is 1. The molecule has 0 aliphatic heterocycles. The number of aliphatic imine (C=N–C) groups is 1. The average Bonchev–Trinajstić information content (AvgIpc) is 3.15. The van der Waals surface area contributed by atoms with Crippen molar-refractivity contribution < 1.29 is 9.32 Å². The summed E-state index contributed by atoms with van der Waals surface area (Å²) in [6, 6.07) is 7.25. The normalized spacial score (nSPS) is 11.4. The second-order valence-corrected chi connectivity index (χ2v) is 6.55. The molecular formula is C19H27ClN6O2. The minimum atomic E-state index is 0.0548. The molecule has 0 aliphatic rings. The number of amides is 1. The molecule has 152 valence electrons. The number of hydrogen-bond acceptors (Lipinski definition) is 5. The van der Waals surface area contributed by atoms with Gasteiger partial charge in [-0.05, 0) is 32.9 Å². The SMILES string of the molecule is CCNC(=NCc1nc(-c2cccc(Cl)c2)no1)N(C)CC(=O)N(CC)CC. The maximum atomic E-state index is 12.3. The lowest BCUT2D eigenvalue weighted by Gasteiger charge is -2.25. The van der Waals surface area contributed by atoms with Crippen LogP contribution in [0.3, 0.4) is 0 Å². The van der Waals surface area contributed by atoms with Gasteiger partial charge in [-0.2, -0.15) is 4.98 Å². The lowest BCUT2D eigenvalue weighted by Crippen LogP contribution is -2.45. The molecule has 2 aromatic rings. The summed E-state index contributed by atoms with van der Waals surface area (Å²) in [5, 5.41) is 7.77. The van der Waals surface area contributed by atoms with E-state index in [4.69, 9.17) is 16.1 Å². The fourth-order valence-corrected chi connectivity index (χ4v) is 2.82. The Bertz CT molecular complexity index is 803. The van der Waals surface area contributed by atoms with Crippen LogP contribution >= 0.6 is 11.6 Å². The first kappa shape index (κ1) is 21.7. The van der Waals surface area contributed by atoms with E-state index in [0.29, 0.717) is 42.3 Å². The molecule has 0 atom stereocenters. The molecule has 2 rings (SSSR count). The summed E-state index contributed by atoms with van der Waals surface area (Å²) >= 11 is 6.01. The van der Waals surface area contributed by atoms with Crippen molar-refractivity contribution in [3.05, 3.63) is 35.2 Å². The van der Waals surface area contributed by atoms with Crippen LogP contribution in [-0.2, 0) is 11.3 Å². The standard InChI is InChI=1S/C19H27ClN6O2/c1-5-21-19(25(4)13-17(27)26(6-2)7-3)22-12-16-23-18(24-28-16)14-9-8-10-15(20)11-14/h8-11H,5-7,12-13H2,1-4H3,(H,21,22). The van der Waals surface area contributed by atoms with E-state index in [9.17, 15) is 4.79 Å². The molecule has 0 spiro atoms. The van der Waals surface area contributed by atoms with Crippen LogP contribution < -0.4 is 5.32 Å². The number of guanidine groups is 1. The summed E-state index contributed by atoms with van der Waals surface area (Å²) in [5.41, 5.74) is 0.778. The number of aromatic nitrogens is 2. The van der Waals surface area contributed by atoms with Crippen LogP contribution in [-0.4, -0.2) is 65.0 Å². The van der Waals surface area contributed by atoms with Gasteiger partial charge < -0.3 is 19.6 Å². The summed E-state index contributed by atoms with van der Waals surface area (Å²) < 4.78 is 5.29. The molecule has 0 aliphatic carbocycles. The molecule has 8 nitrogen and oxygen atoms in total. The molecule has 1 aromatic carbocycles. The maximum absolute atomic E-state index is 12.3. The smallest absolute Gasteiger partial charge is 0.248 e. The van der Waals surface area contributed by atoms with E-state index in [0.717, 1.165) is 5.56 Å². The van der Waals surface area contributed by atoms with Crippen LogP contribution in [0.15, 0.2) is 33.8 Å². The third-order valence-electron chi connectivity index (χ3n) is 4.10. The molecule has 0 bridgehead atoms. The van der Waals surface area contributed by atoms with Gasteiger partial charge in [-0.3, -0.25) is 4.79 Å². The van der Waals surface area contributed by atoms with E-state index in [-0.39, 0.29) is 19.0 Å². The molecule has 9 heteroatoms. The summed E-state index contributed by atoms with van der Waals surface area (Å²) in [5.74, 6) is 1.50. The van der Waals surface area contributed by atoms with Crippen molar-refractivity contribution in [2.24, 2.45) is 4.99 Å². The Morgan fingerprint density at radius 1 is 1.29 bits per heavy atom. The van der Waals surface area contributed by atoms with Crippen molar-refractivity contribution in [3.8, 4) is 11.4 Å². The minimum absolute atomic E-state index is 0.0548. The van der Waals surface area contributed by atoms with E-state index in [1.54, 1.807) is 21.9 Å². The average molecular weight is 407 g/mol. The van der Waals surface area contributed by atoms with Crippen LogP contribution in [0.25, 0.3) is 11.4 Å². The zero-order valence-corrected chi connectivity index (χ0v) is 17.5. The molecule has 1 amide bonds. The molecule has 28 heavy (non-hydrogen) atoms. The fraction of sp³-hybridized carbons (Fsp3) is 0.474. The van der Waals surface area contributed by atoms with Gasteiger partial charge in [0.1, 0.15) is 6.54 Å². The van der Waals surface area contributed by atoms with Crippen LogP contribution in [0.5, 0.6) is 0 Å². The van der Waals surface area contributed by atoms with Gasteiger partial charge in [0.25, 0.3) is 0 Å². The molecule has 1 N–H and O–H groups in total. The number of carbonyl (C=O) groups excluding carboxylic acids is 1. The molecule has 0 radical (unpaired) electrons. The largest absolute Gasteiger partial charge is 0.356 e.